The van der Waals surface area contributed by atoms with E-state index in [4.69, 9.17) is 0 Å². The Labute approximate surface area is 69.2 Å². The zero-order valence-corrected chi connectivity index (χ0v) is 7.75. The predicted molar refractivity (Wildman–Crippen MR) is 46.7 cm³/mol. The number of rotatable bonds is 1. The normalized spacial score (nSPS) is 39.3. The van der Waals surface area contributed by atoms with Crippen LogP contribution in [0.4, 0.5) is 0 Å². The zero-order valence-electron chi connectivity index (χ0n) is 7.75. The Hall–Kier alpha value is -0.0800. The summed E-state index contributed by atoms with van der Waals surface area (Å²) in [5, 5.41) is 0. The van der Waals surface area contributed by atoms with Gasteiger partial charge in [0.05, 0.1) is 0 Å². The van der Waals surface area contributed by atoms with Gasteiger partial charge >= 0.3 is 0 Å². The molecule has 2 aliphatic rings. The fourth-order valence-corrected chi connectivity index (χ4v) is 2.53. The quantitative estimate of drug-likeness (QED) is 0.551. The van der Waals surface area contributed by atoms with Crippen molar-refractivity contribution in [3.8, 4) is 0 Å². The van der Waals surface area contributed by atoms with Gasteiger partial charge in [0, 0.05) is 31.2 Å². The van der Waals surface area contributed by atoms with Crippen LogP contribution in [0.3, 0.4) is 0 Å². The van der Waals surface area contributed by atoms with Gasteiger partial charge in [0.2, 0.25) is 0 Å². The van der Waals surface area contributed by atoms with E-state index in [9.17, 15) is 0 Å². The van der Waals surface area contributed by atoms with Crippen molar-refractivity contribution in [1.29, 1.82) is 0 Å². The highest BCUT2D eigenvalue weighted by atomic mass is 15.3. The molecule has 2 bridgehead atoms. The van der Waals surface area contributed by atoms with E-state index in [0.717, 1.165) is 18.1 Å². The molecule has 2 atom stereocenters. The molecule has 0 amide bonds. The van der Waals surface area contributed by atoms with Crippen molar-refractivity contribution >= 4 is 0 Å². The van der Waals surface area contributed by atoms with E-state index in [1.54, 1.807) is 0 Å². The molecule has 2 saturated heterocycles. The molecule has 64 valence electrons. The van der Waals surface area contributed by atoms with E-state index in [-0.39, 0.29) is 0 Å². The summed E-state index contributed by atoms with van der Waals surface area (Å²) < 4.78 is 0. The Morgan fingerprint density at radius 2 is 1.91 bits per heavy atom. The Balaban J connectivity index is 2.02. The molecule has 2 fully saturated rings. The summed E-state index contributed by atoms with van der Waals surface area (Å²) in [6.07, 6.45) is 1.41. The summed E-state index contributed by atoms with van der Waals surface area (Å²) in [7, 11) is 2.25. The Morgan fingerprint density at radius 1 is 1.18 bits per heavy atom. The second kappa shape index (κ2) is 2.46. The molecule has 0 radical (unpaired) electrons. The number of likely N-dealkylation sites (tertiary alicyclic amines) is 2. The van der Waals surface area contributed by atoms with Crippen molar-refractivity contribution in [2.45, 2.75) is 38.4 Å². The molecule has 0 saturated carbocycles. The largest absolute Gasteiger partial charge is 0.301 e. The van der Waals surface area contributed by atoms with Gasteiger partial charge in [-0.05, 0) is 27.3 Å². The van der Waals surface area contributed by atoms with Crippen LogP contribution in [0.1, 0.15) is 20.3 Å². The fourth-order valence-electron chi connectivity index (χ4n) is 2.53. The van der Waals surface area contributed by atoms with Crippen LogP contribution in [0.25, 0.3) is 0 Å². The molecule has 2 aliphatic heterocycles. The van der Waals surface area contributed by atoms with Crippen LogP contribution < -0.4 is 0 Å². The number of fused-ring (bicyclic) bond motifs is 2. The lowest BCUT2D eigenvalue weighted by Gasteiger charge is -2.34. The first-order chi connectivity index (χ1) is 5.18. The van der Waals surface area contributed by atoms with Gasteiger partial charge in [-0.2, -0.15) is 0 Å². The SMILES string of the molecule is CC(C)N1CC2C[C@H]1CN2C. The van der Waals surface area contributed by atoms with Crippen molar-refractivity contribution in [1.82, 2.24) is 9.80 Å². The molecular weight excluding hydrogens is 136 g/mol. The number of likely N-dealkylation sites (N-methyl/N-ethyl adjacent to an activating group) is 1. The van der Waals surface area contributed by atoms with E-state index in [1.807, 2.05) is 0 Å². The number of piperazine rings is 1. The number of nitrogens with zero attached hydrogens (tertiary/aromatic N) is 2. The van der Waals surface area contributed by atoms with Crippen LogP contribution in [-0.2, 0) is 0 Å². The second-order valence-corrected chi connectivity index (χ2v) is 4.27. The van der Waals surface area contributed by atoms with Gasteiger partial charge in [-0.3, -0.25) is 4.90 Å². The molecule has 0 aromatic rings. The zero-order chi connectivity index (χ0) is 8.01. The summed E-state index contributed by atoms with van der Waals surface area (Å²) in [5.41, 5.74) is 0. The average Bonchev–Trinajstić information content (AvgIpc) is 2.43. The lowest BCUT2D eigenvalue weighted by Crippen LogP contribution is -2.47. The molecular formula is C9H18N2. The van der Waals surface area contributed by atoms with Crippen LogP contribution >= 0.6 is 0 Å². The maximum absolute atomic E-state index is 2.64. The lowest BCUT2D eigenvalue weighted by molar-refractivity contribution is 0.121. The summed E-state index contributed by atoms with van der Waals surface area (Å²) in [4.78, 5) is 5.15. The molecule has 1 unspecified atom stereocenters. The van der Waals surface area contributed by atoms with Crippen molar-refractivity contribution in [2.24, 2.45) is 0 Å². The van der Waals surface area contributed by atoms with Gasteiger partial charge < -0.3 is 4.90 Å². The highest BCUT2D eigenvalue weighted by molar-refractivity contribution is 4.99. The van der Waals surface area contributed by atoms with E-state index in [0.29, 0.717) is 0 Å². The van der Waals surface area contributed by atoms with Gasteiger partial charge in [-0.15, -0.1) is 0 Å². The predicted octanol–water partition coefficient (Wildman–Crippen LogP) is 0.783. The van der Waals surface area contributed by atoms with Gasteiger partial charge in [0.1, 0.15) is 0 Å². The van der Waals surface area contributed by atoms with E-state index >= 15 is 0 Å². The third-order valence-electron chi connectivity index (χ3n) is 3.22. The van der Waals surface area contributed by atoms with Crippen LogP contribution in [-0.4, -0.2) is 48.1 Å². The molecule has 2 nitrogen and oxygen atoms in total. The second-order valence-electron chi connectivity index (χ2n) is 4.27. The average molecular weight is 154 g/mol. The van der Waals surface area contributed by atoms with Gasteiger partial charge in [-0.25, -0.2) is 0 Å². The van der Waals surface area contributed by atoms with E-state index in [1.165, 1.54) is 19.5 Å². The topological polar surface area (TPSA) is 6.48 Å². The van der Waals surface area contributed by atoms with Gasteiger partial charge in [0.25, 0.3) is 0 Å². The molecule has 2 heterocycles. The third kappa shape index (κ3) is 1.09. The van der Waals surface area contributed by atoms with Gasteiger partial charge in [-0.1, -0.05) is 0 Å². The number of hydrogen-bond acceptors (Lipinski definition) is 2. The smallest absolute Gasteiger partial charge is 0.0241 e. The fraction of sp³-hybridized carbons (Fsp3) is 1.00. The minimum absolute atomic E-state index is 0.749. The lowest BCUT2D eigenvalue weighted by atomic mass is 10.2. The van der Waals surface area contributed by atoms with Gasteiger partial charge in [0.15, 0.2) is 0 Å². The third-order valence-corrected chi connectivity index (χ3v) is 3.22. The van der Waals surface area contributed by atoms with E-state index < -0.39 is 0 Å². The van der Waals surface area contributed by atoms with Crippen LogP contribution in [0.15, 0.2) is 0 Å². The Morgan fingerprint density at radius 3 is 2.27 bits per heavy atom. The standard InChI is InChI=1S/C9H18N2/c1-7(2)11-6-8-4-9(11)5-10(8)3/h7-9H,4-6H2,1-3H3/t8?,9-/m0/s1. The van der Waals surface area contributed by atoms with Crippen molar-refractivity contribution < 1.29 is 0 Å². The monoisotopic (exact) mass is 154 g/mol. The van der Waals surface area contributed by atoms with Crippen molar-refractivity contribution in [3.05, 3.63) is 0 Å². The van der Waals surface area contributed by atoms with Crippen LogP contribution in [0, 0.1) is 0 Å². The van der Waals surface area contributed by atoms with Crippen molar-refractivity contribution in [3.63, 3.8) is 0 Å². The molecule has 0 aromatic carbocycles. The number of hydrogen-bond donors (Lipinski definition) is 0. The minimum Gasteiger partial charge on any atom is -0.301 e. The molecule has 2 heteroatoms. The Kier molecular flexibility index (Phi) is 1.69. The summed E-state index contributed by atoms with van der Waals surface area (Å²) in [5.74, 6) is 0. The Bertz CT molecular complexity index is 154. The van der Waals surface area contributed by atoms with Crippen molar-refractivity contribution in [2.75, 3.05) is 20.1 Å². The van der Waals surface area contributed by atoms with E-state index in [2.05, 4.69) is 30.7 Å². The molecule has 2 rings (SSSR count). The molecule has 0 spiro atoms. The summed E-state index contributed by atoms with van der Waals surface area (Å²) in [6, 6.07) is 2.48. The first-order valence-electron chi connectivity index (χ1n) is 4.64. The first kappa shape index (κ1) is 7.56. The first-order valence-corrected chi connectivity index (χ1v) is 4.64. The molecule has 0 N–H and O–H groups in total. The molecule has 0 aromatic heterocycles. The summed E-state index contributed by atoms with van der Waals surface area (Å²) >= 11 is 0. The highest BCUT2D eigenvalue weighted by Gasteiger charge is 2.41. The maximum atomic E-state index is 2.64. The maximum Gasteiger partial charge on any atom is 0.0241 e. The van der Waals surface area contributed by atoms with Crippen LogP contribution in [0.2, 0.25) is 0 Å². The van der Waals surface area contributed by atoms with Crippen LogP contribution in [0.5, 0.6) is 0 Å². The highest BCUT2D eigenvalue weighted by Crippen LogP contribution is 2.30. The summed E-state index contributed by atoms with van der Waals surface area (Å²) in [6.45, 7) is 7.21. The molecule has 0 aliphatic carbocycles. The minimum atomic E-state index is 0.749. The molecule has 11 heavy (non-hydrogen) atoms.